The number of carbonyl (C=O) groups is 1. The van der Waals surface area contributed by atoms with E-state index in [0.29, 0.717) is 13.0 Å². The SMILES string of the molecule is CC.CC(CCCN)C(=O)O. The molecule has 1 atom stereocenters. The van der Waals surface area contributed by atoms with E-state index in [9.17, 15) is 4.79 Å². The van der Waals surface area contributed by atoms with Crippen LogP contribution in [-0.2, 0) is 4.79 Å². The van der Waals surface area contributed by atoms with Crippen LogP contribution >= 0.6 is 0 Å². The lowest BCUT2D eigenvalue weighted by atomic mass is 10.1. The van der Waals surface area contributed by atoms with Gasteiger partial charge < -0.3 is 10.8 Å². The normalized spacial score (nSPS) is 11.3. The maximum absolute atomic E-state index is 10.2. The predicted octanol–water partition coefficient (Wildman–Crippen LogP) is 1.47. The molecule has 0 rings (SSSR count). The fourth-order valence-electron chi connectivity index (χ4n) is 0.548. The summed E-state index contributed by atoms with van der Waals surface area (Å²) in [4.78, 5) is 10.2. The fraction of sp³-hybridized carbons (Fsp3) is 0.875. The standard InChI is InChI=1S/C6H13NO2.C2H6/c1-5(6(8)9)3-2-4-7;1-2/h5H,2-4,7H2,1H3,(H,8,9);1-2H3. The Bertz CT molecular complexity index is 94.1. The van der Waals surface area contributed by atoms with Crippen LogP contribution in [0.2, 0.25) is 0 Å². The summed E-state index contributed by atoms with van der Waals surface area (Å²) in [6.45, 7) is 6.27. The number of aliphatic carboxylic acids is 1. The van der Waals surface area contributed by atoms with Gasteiger partial charge in [-0.05, 0) is 19.4 Å². The van der Waals surface area contributed by atoms with E-state index in [-0.39, 0.29) is 5.92 Å². The molecule has 68 valence electrons. The summed E-state index contributed by atoms with van der Waals surface area (Å²) in [5, 5.41) is 8.37. The van der Waals surface area contributed by atoms with Gasteiger partial charge in [0.2, 0.25) is 0 Å². The lowest BCUT2D eigenvalue weighted by molar-refractivity contribution is -0.141. The van der Waals surface area contributed by atoms with E-state index >= 15 is 0 Å². The second kappa shape index (κ2) is 9.43. The third-order valence-electron chi connectivity index (χ3n) is 1.26. The van der Waals surface area contributed by atoms with Gasteiger partial charge in [-0.2, -0.15) is 0 Å². The molecule has 0 aromatic heterocycles. The number of nitrogens with two attached hydrogens (primary N) is 1. The summed E-state index contributed by atoms with van der Waals surface area (Å²) in [6, 6.07) is 0. The minimum absolute atomic E-state index is 0.242. The van der Waals surface area contributed by atoms with Gasteiger partial charge in [-0.25, -0.2) is 0 Å². The molecule has 0 aromatic rings. The summed E-state index contributed by atoms with van der Waals surface area (Å²) in [7, 11) is 0. The fourth-order valence-corrected chi connectivity index (χ4v) is 0.548. The molecular weight excluding hydrogens is 142 g/mol. The van der Waals surface area contributed by atoms with Crippen molar-refractivity contribution in [1.29, 1.82) is 0 Å². The first kappa shape index (κ1) is 13.1. The molecule has 1 unspecified atom stereocenters. The average molecular weight is 161 g/mol. The van der Waals surface area contributed by atoms with Crippen molar-refractivity contribution in [2.24, 2.45) is 11.7 Å². The van der Waals surface area contributed by atoms with E-state index in [1.165, 1.54) is 0 Å². The molecule has 0 spiro atoms. The van der Waals surface area contributed by atoms with Crippen LogP contribution in [0.5, 0.6) is 0 Å². The van der Waals surface area contributed by atoms with Gasteiger partial charge in [0.05, 0.1) is 5.92 Å². The van der Waals surface area contributed by atoms with E-state index in [1.807, 2.05) is 13.8 Å². The van der Waals surface area contributed by atoms with Crippen LogP contribution in [0.3, 0.4) is 0 Å². The Balaban J connectivity index is 0. The quantitative estimate of drug-likeness (QED) is 0.656. The number of carboxylic acids is 1. The zero-order valence-electron chi connectivity index (χ0n) is 7.63. The molecule has 3 N–H and O–H groups in total. The van der Waals surface area contributed by atoms with Gasteiger partial charge in [0.1, 0.15) is 0 Å². The van der Waals surface area contributed by atoms with Crippen LogP contribution in [0.25, 0.3) is 0 Å². The average Bonchev–Trinajstić information content (AvgIpc) is 2.03. The van der Waals surface area contributed by atoms with Gasteiger partial charge in [0.25, 0.3) is 0 Å². The summed E-state index contributed by atoms with van der Waals surface area (Å²) in [5.41, 5.74) is 5.18. The van der Waals surface area contributed by atoms with Crippen molar-refractivity contribution >= 4 is 5.97 Å². The van der Waals surface area contributed by atoms with E-state index in [0.717, 1.165) is 6.42 Å². The molecule has 0 aliphatic rings. The van der Waals surface area contributed by atoms with E-state index in [4.69, 9.17) is 10.8 Å². The molecule has 0 aliphatic heterocycles. The third-order valence-corrected chi connectivity index (χ3v) is 1.26. The molecule has 0 heterocycles. The number of carboxylic acid groups (broad SMARTS) is 1. The lowest BCUT2D eigenvalue weighted by Gasteiger charge is -2.02. The Hall–Kier alpha value is -0.570. The number of hydrogen-bond donors (Lipinski definition) is 2. The van der Waals surface area contributed by atoms with Crippen molar-refractivity contribution in [2.75, 3.05) is 6.54 Å². The van der Waals surface area contributed by atoms with E-state index < -0.39 is 5.97 Å². The largest absolute Gasteiger partial charge is 0.481 e. The first-order valence-corrected chi connectivity index (χ1v) is 4.11. The molecule has 0 radical (unpaired) electrons. The first-order valence-electron chi connectivity index (χ1n) is 4.11. The summed E-state index contributed by atoms with van der Waals surface area (Å²) in [6.07, 6.45) is 1.49. The van der Waals surface area contributed by atoms with Crippen molar-refractivity contribution in [2.45, 2.75) is 33.6 Å². The van der Waals surface area contributed by atoms with Gasteiger partial charge in [-0.3, -0.25) is 4.79 Å². The van der Waals surface area contributed by atoms with Crippen molar-refractivity contribution in [3.63, 3.8) is 0 Å². The molecule has 0 bridgehead atoms. The first-order chi connectivity index (χ1) is 5.18. The smallest absolute Gasteiger partial charge is 0.306 e. The minimum Gasteiger partial charge on any atom is -0.481 e. The topological polar surface area (TPSA) is 63.3 Å². The van der Waals surface area contributed by atoms with Crippen LogP contribution in [0, 0.1) is 5.92 Å². The highest BCUT2D eigenvalue weighted by Gasteiger charge is 2.08. The Morgan fingerprint density at radius 2 is 2.00 bits per heavy atom. The second-order valence-corrected chi connectivity index (χ2v) is 2.17. The molecule has 0 saturated carbocycles. The van der Waals surface area contributed by atoms with Gasteiger partial charge in [-0.1, -0.05) is 20.8 Å². The van der Waals surface area contributed by atoms with Gasteiger partial charge in [-0.15, -0.1) is 0 Å². The maximum atomic E-state index is 10.2. The second-order valence-electron chi connectivity index (χ2n) is 2.17. The van der Waals surface area contributed by atoms with Crippen LogP contribution in [-0.4, -0.2) is 17.6 Å². The minimum atomic E-state index is -0.733. The van der Waals surface area contributed by atoms with Crippen LogP contribution in [0.4, 0.5) is 0 Å². The van der Waals surface area contributed by atoms with Crippen molar-refractivity contribution in [3.05, 3.63) is 0 Å². The lowest BCUT2D eigenvalue weighted by Crippen LogP contribution is -2.11. The van der Waals surface area contributed by atoms with Gasteiger partial charge >= 0.3 is 5.97 Å². The summed E-state index contributed by atoms with van der Waals surface area (Å²) in [5.74, 6) is -0.975. The van der Waals surface area contributed by atoms with Crippen LogP contribution in [0.15, 0.2) is 0 Å². The zero-order chi connectivity index (χ0) is 9.28. The Labute approximate surface area is 68.6 Å². The Morgan fingerprint density at radius 3 is 2.27 bits per heavy atom. The molecule has 0 aliphatic carbocycles. The molecule has 3 nitrogen and oxygen atoms in total. The molecule has 11 heavy (non-hydrogen) atoms. The van der Waals surface area contributed by atoms with Crippen molar-refractivity contribution in [1.82, 2.24) is 0 Å². The molecule has 3 heteroatoms. The maximum Gasteiger partial charge on any atom is 0.306 e. The molecule has 0 fully saturated rings. The Morgan fingerprint density at radius 1 is 1.55 bits per heavy atom. The highest BCUT2D eigenvalue weighted by Crippen LogP contribution is 2.03. The predicted molar refractivity (Wildman–Crippen MR) is 46.4 cm³/mol. The van der Waals surface area contributed by atoms with Crippen molar-refractivity contribution in [3.8, 4) is 0 Å². The zero-order valence-corrected chi connectivity index (χ0v) is 7.63. The van der Waals surface area contributed by atoms with Gasteiger partial charge in [0, 0.05) is 0 Å². The van der Waals surface area contributed by atoms with Crippen molar-refractivity contribution < 1.29 is 9.90 Å². The van der Waals surface area contributed by atoms with E-state index in [2.05, 4.69) is 0 Å². The molecule has 0 amide bonds. The van der Waals surface area contributed by atoms with Gasteiger partial charge in [0.15, 0.2) is 0 Å². The monoisotopic (exact) mass is 161 g/mol. The number of rotatable bonds is 4. The van der Waals surface area contributed by atoms with Crippen LogP contribution < -0.4 is 5.73 Å². The van der Waals surface area contributed by atoms with E-state index in [1.54, 1.807) is 6.92 Å². The third kappa shape index (κ3) is 9.43. The van der Waals surface area contributed by atoms with Crippen LogP contribution in [0.1, 0.15) is 33.6 Å². The molecule has 0 aromatic carbocycles. The summed E-state index contributed by atoms with van der Waals surface area (Å²) < 4.78 is 0. The molecular formula is C8H19NO2. The molecule has 0 saturated heterocycles. The summed E-state index contributed by atoms with van der Waals surface area (Å²) >= 11 is 0. The highest BCUT2D eigenvalue weighted by atomic mass is 16.4. The highest BCUT2D eigenvalue weighted by molar-refractivity contribution is 5.69. The Kier molecular flexibility index (Phi) is 11.2. The number of hydrogen-bond acceptors (Lipinski definition) is 2.